The molecule has 1 aliphatic heterocycles. The average Bonchev–Trinajstić information content (AvgIpc) is 2.23. The van der Waals surface area contributed by atoms with Gasteiger partial charge in [-0.2, -0.15) is 0 Å². The molecule has 4 unspecified atom stereocenters. The van der Waals surface area contributed by atoms with Gasteiger partial charge in [-0.05, 0) is 30.6 Å². The second-order valence-electron chi connectivity index (χ2n) is 5.23. The summed E-state index contributed by atoms with van der Waals surface area (Å²) in [6.45, 7) is 4.66. The van der Waals surface area contributed by atoms with Crippen molar-refractivity contribution >= 4 is 12.3 Å². The molecule has 1 aliphatic carbocycles. The van der Waals surface area contributed by atoms with E-state index in [1.54, 1.807) is 0 Å². The minimum absolute atomic E-state index is 0.201. The minimum atomic E-state index is -0.824. The molecule has 0 radical (unpaired) electrons. The molecule has 1 heterocycles. The Hall–Kier alpha value is -0.860. The maximum atomic E-state index is 11.8. The Balaban J connectivity index is 2.34. The van der Waals surface area contributed by atoms with Gasteiger partial charge in [0.25, 0.3) is 0 Å². The second-order valence-corrected chi connectivity index (χ2v) is 5.23. The van der Waals surface area contributed by atoms with Crippen LogP contribution in [-0.2, 0) is 14.3 Å². The third-order valence-corrected chi connectivity index (χ3v) is 4.07. The molecule has 0 spiro atoms. The summed E-state index contributed by atoms with van der Waals surface area (Å²) in [7, 11) is 0. The van der Waals surface area contributed by atoms with Crippen LogP contribution in [0.5, 0.6) is 0 Å². The largest absolute Gasteiger partial charge is 0.465 e. The van der Waals surface area contributed by atoms with Gasteiger partial charge in [-0.25, -0.2) is 0 Å². The Morgan fingerprint density at radius 3 is 2.80 bits per heavy atom. The molecule has 1 saturated carbocycles. The number of hydrogen-bond donors (Lipinski definition) is 0. The van der Waals surface area contributed by atoms with E-state index in [-0.39, 0.29) is 11.9 Å². The lowest BCUT2D eigenvalue weighted by molar-refractivity contribution is -0.179. The second kappa shape index (κ2) is 3.62. The zero-order valence-electron chi connectivity index (χ0n) is 9.36. The van der Waals surface area contributed by atoms with E-state index in [1.807, 2.05) is 0 Å². The number of esters is 1. The summed E-state index contributed by atoms with van der Waals surface area (Å²) >= 11 is 0. The molecule has 0 amide bonds. The van der Waals surface area contributed by atoms with Gasteiger partial charge in [-0.1, -0.05) is 20.3 Å². The Kier molecular flexibility index (Phi) is 2.57. The quantitative estimate of drug-likeness (QED) is 0.376. The normalized spacial score (nSPS) is 45.5. The fourth-order valence-corrected chi connectivity index (χ4v) is 3.22. The first-order chi connectivity index (χ1) is 7.10. The lowest BCUT2D eigenvalue weighted by Crippen LogP contribution is -2.52. The van der Waals surface area contributed by atoms with Crippen LogP contribution in [0.4, 0.5) is 0 Å². The highest BCUT2D eigenvalue weighted by Crippen LogP contribution is 2.49. The van der Waals surface area contributed by atoms with Crippen LogP contribution in [0.2, 0.25) is 0 Å². The first-order valence-corrected chi connectivity index (χ1v) is 5.73. The number of aldehydes is 1. The van der Waals surface area contributed by atoms with Crippen LogP contribution < -0.4 is 0 Å². The fraction of sp³-hybridized carbons (Fsp3) is 0.833. The predicted octanol–water partition coefficient (Wildman–Crippen LogP) is 1.80. The van der Waals surface area contributed by atoms with E-state index >= 15 is 0 Å². The van der Waals surface area contributed by atoms with Gasteiger partial charge in [0.15, 0.2) is 0 Å². The van der Waals surface area contributed by atoms with Crippen molar-refractivity contribution < 1.29 is 14.3 Å². The van der Waals surface area contributed by atoms with Gasteiger partial charge in [0, 0.05) is 0 Å². The summed E-state index contributed by atoms with van der Waals surface area (Å²) in [5.41, 5.74) is -0.824. The summed E-state index contributed by atoms with van der Waals surface area (Å²) < 4.78 is 5.13. The van der Waals surface area contributed by atoms with E-state index in [0.717, 1.165) is 19.1 Å². The van der Waals surface area contributed by atoms with Gasteiger partial charge in [0.1, 0.15) is 11.7 Å². The van der Waals surface area contributed by atoms with Gasteiger partial charge >= 0.3 is 5.97 Å². The molecule has 2 fully saturated rings. The Morgan fingerprint density at radius 2 is 2.13 bits per heavy atom. The van der Waals surface area contributed by atoms with Crippen molar-refractivity contribution in [3.05, 3.63) is 0 Å². The number of rotatable bonds is 1. The lowest BCUT2D eigenvalue weighted by Gasteiger charge is -2.46. The summed E-state index contributed by atoms with van der Waals surface area (Å²) in [4.78, 5) is 23.1. The SMILES string of the molecule is CC1CCC2C(C)COC(=O)C2(C=O)C1. The fourth-order valence-electron chi connectivity index (χ4n) is 3.22. The van der Waals surface area contributed by atoms with Gasteiger partial charge in [0.05, 0.1) is 6.61 Å². The van der Waals surface area contributed by atoms with Crippen molar-refractivity contribution in [2.24, 2.45) is 23.2 Å². The van der Waals surface area contributed by atoms with E-state index in [0.29, 0.717) is 24.9 Å². The predicted molar refractivity (Wildman–Crippen MR) is 55.1 cm³/mol. The zero-order chi connectivity index (χ0) is 11.1. The maximum absolute atomic E-state index is 11.8. The van der Waals surface area contributed by atoms with E-state index in [4.69, 9.17) is 4.74 Å². The summed E-state index contributed by atoms with van der Waals surface area (Å²) in [6, 6.07) is 0. The number of hydrogen-bond acceptors (Lipinski definition) is 3. The highest BCUT2D eigenvalue weighted by atomic mass is 16.5. The van der Waals surface area contributed by atoms with Gasteiger partial charge < -0.3 is 9.53 Å². The molecule has 0 N–H and O–H groups in total. The summed E-state index contributed by atoms with van der Waals surface area (Å²) in [5, 5.41) is 0. The van der Waals surface area contributed by atoms with Gasteiger partial charge in [-0.3, -0.25) is 4.79 Å². The van der Waals surface area contributed by atoms with Crippen molar-refractivity contribution in [3.8, 4) is 0 Å². The molecular formula is C12H18O3. The zero-order valence-corrected chi connectivity index (χ0v) is 9.36. The standard InChI is InChI=1S/C12H18O3/c1-8-3-4-10-9(2)6-15-11(14)12(10,5-8)7-13/h7-10H,3-6H2,1-2H3. The molecule has 84 valence electrons. The van der Waals surface area contributed by atoms with Crippen LogP contribution in [0.3, 0.4) is 0 Å². The highest BCUT2D eigenvalue weighted by Gasteiger charge is 2.54. The number of carbonyl (C=O) groups is 2. The van der Waals surface area contributed by atoms with Crippen LogP contribution in [0.1, 0.15) is 33.1 Å². The van der Waals surface area contributed by atoms with Crippen LogP contribution >= 0.6 is 0 Å². The average molecular weight is 210 g/mol. The molecule has 2 rings (SSSR count). The smallest absolute Gasteiger partial charge is 0.319 e. The summed E-state index contributed by atoms with van der Waals surface area (Å²) in [5.74, 6) is 0.685. The minimum Gasteiger partial charge on any atom is -0.465 e. The van der Waals surface area contributed by atoms with E-state index in [9.17, 15) is 9.59 Å². The third-order valence-electron chi connectivity index (χ3n) is 4.07. The Labute approximate surface area is 90.2 Å². The molecule has 4 atom stereocenters. The van der Waals surface area contributed by atoms with Crippen LogP contribution in [0.25, 0.3) is 0 Å². The molecule has 0 bridgehead atoms. The lowest BCUT2D eigenvalue weighted by atomic mass is 9.59. The number of carbonyl (C=O) groups excluding carboxylic acids is 2. The highest BCUT2D eigenvalue weighted by molar-refractivity contribution is 5.94. The molecule has 0 aromatic carbocycles. The van der Waals surface area contributed by atoms with E-state index < -0.39 is 5.41 Å². The number of ether oxygens (including phenoxy) is 1. The molecule has 3 nitrogen and oxygen atoms in total. The molecule has 3 heteroatoms. The first-order valence-electron chi connectivity index (χ1n) is 5.73. The van der Waals surface area contributed by atoms with Gasteiger partial charge in [0.2, 0.25) is 0 Å². The van der Waals surface area contributed by atoms with Crippen LogP contribution in [-0.4, -0.2) is 18.9 Å². The number of cyclic esters (lactones) is 1. The molecule has 15 heavy (non-hydrogen) atoms. The van der Waals surface area contributed by atoms with Crippen molar-refractivity contribution in [2.75, 3.05) is 6.61 Å². The Morgan fingerprint density at radius 1 is 1.40 bits per heavy atom. The van der Waals surface area contributed by atoms with Crippen molar-refractivity contribution in [2.45, 2.75) is 33.1 Å². The van der Waals surface area contributed by atoms with Crippen molar-refractivity contribution in [3.63, 3.8) is 0 Å². The topological polar surface area (TPSA) is 43.4 Å². The van der Waals surface area contributed by atoms with Crippen molar-refractivity contribution in [1.82, 2.24) is 0 Å². The first kappa shape index (κ1) is 10.7. The number of fused-ring (bicyclic) bond motifs is 1. The summed E-state index contributed by atoms with van der Waals surface area (Å²) in [6.07, 6.45) is 3.63. The molecule has 1 saturated heterocycles. The van der Waals surface area contributed by atoms with E-state index in [1.165, 1.54) is 0 Å². The van der Waals surface area contributed by atoms with Crippen LogP contribution in [0, 0.1) is 23.2 Å². The monoisotopic (exact) mass is 210 g/mol. The molecule has 0 aromatic heterocycles. The molecular weight excluding hydrogens is 192 g/mol. The van der Waals surface area contributed by atoms with Gasteiger partial charge in [-0.15, -0.1) is 0 Å². The molecule has 0 aromatic rings. The Bertz CT molecular complexity index is 287. The maximum Gasteiger partial charge on any atom is 0.319 e. The van der Waals surface area contributed by atoms with E-state index in [2.05, 4.69) is 13.8 Å². The molecule has 2 aliphatic rings. The van der Waals surface area contributed by atoms with Crippen LogP contribution in [0.15, 0.2) is 0 Å². The third kappa shape index (κ3) is 1.48. The van der Waals surface area contributed by atoms with Crippen molar-refractivity contribution in [1.29, 1.82) is 0 Å².